The van der Waals surface area contributed by atoms with Crippen LogP contribution in [0.15, 0.2) is 57.8 Å². The average molecular weight is 404 g/mol. The first-order valence-corrected chi connectivity index (χ1v) is 11.0. The predicted octanol–water partition coefficient (Wildman–Crippen LogP) is 2.93. The lowest BCUT2D eigenvalue weighted by Gasteiger charge is -2.29. The molecule has 0 aromatic heterocycles. The first kappa shape index (κ1) is 19.4. The summed E-state index contributed by atoms with van der Waals surface area (Å²) in [5.41, 5.74) is 2.77. The Morgan fingerprint density at radius 1 is 1.15 bits per heavy atom. The van der Waals surface area contributed by atoms with Crippen LogP contribution in [-0.2, 0) is 21.4 Å². The maximum absolute atomic E-state index is 12.4. The third-order valence-electron chi connectivity index (χ3n) is 4.12. The Kier molecular flexibility index (Phi) is 5.86. The molecular formula is C19H21N3O3S2. The second kappa shape index (κ2) is 8.14. The predicted molar refractivity (Wildman–Crippen MR) is 110 cm³/mol. The molecule has 0 unspecified atom stereocenters. The molecule has 2 aromatic rings. The van der Waals surface area contributed by atoms with Crippen molar-refractivity contribution in [1.82, 2.24) is 5.32 Å². The van der Waals surface area contributed by atoms with E-state index in [4.69, 9.17) is 0 Å². The summed E-state index contributed by atoms with van der Waals surface area (Å²) >= 11 is 1.13. The monoisotopic (exact) mass is 403 g/mol. The van der Waals surface area contributed by atoms with Crippen molar-refractivity contribution >= 4 is 38.5 Å². The van der Waals surface area contributed by atoms with Gasteiger partial charge < -0.3 is 10.2 Å². The van der Waals surface area contributed by atoms with Crippen LogP contribution in [0.5, 0.6) is 0 Å². The van der Waals surface area contributed by atoms with Crippen molar-refractivity contribution in [3.8, 4) is 0 Å². The summed E-state index contributed by atoms with van der Waals surface area (Å²) in [6.45, 7) is 4.92. The zero-order chi connectivity index (χ0) is 19.4. The standard InChI is InChI=1S/C19H21N3O3S2/c1-3-22-16-6-4-5-7-17(16)27(24,25)21-19(22)26-13-18(23)20-12-15-10-8-14(2)9-11-15/h4-11H,3,12-13H2,1-2H3,(H,20,23). The fourth-order valence-corrected chi connectivity index (χ4v) is 5.05. The Bertz CT molecular complexity index is 970. The zero-order valence-corrected chi connectivity index (χ0v) is 16.8. The topological polar surface area (TPSA) is 78.8 Å². The fraction of sp³-hybridized carbons (Fsp3) is 0.263. The van der Waals surface area contributed by atoms with Crippen LogP contribution in [0.3, 0.4) is 0 Å². The number of anilines is 1. The highest BCUT2D eigenvalue weighted by molar-refractivity contribution is 8.15. The molecule has 27 heavy (non-hydrogen) atoms. The number of sulfonamides is 1. The number of hydrogen-bond donors (Lipinski definition) is 1. The highest BCUT2D eigenvalue weighted by atomic mass is 32.2. The molecule has 0 saturated carbocycles. The maximum atomic E-state index is 12.4. The summed E-state index contributed by atoms with van der Waals surface area (Å²) in [6, 6.07) is 14.7. The summed E-state index contributed by atoms with van der Waals surface area (Å²) in [5.74, 6) is -0.0746. The number of rotatable bonds is 5. The van der Waals surface area contributed by atoms with Gasteiger partial charge in [-0.1, -0.05) is 53.7 Å². The molecule has 1 aliphatic rings. The van der Waals surface area contributed by atoms with E-state index in [9.17, 15) is 13.2 Å². The van der Waals surface area contributed by atoms with Crippen molar-refractivity contribution in [2.75, 3.05) is 17.2 Å². The van der Waals surface area contributed by atoms with Crippen LogP contribution in [0.4, 0.5) is 5.69 Å². The second-order valence-corrected chi connectivity index (χ2v) is 8.63. The molecule has 0 fully saturated rings. The number of hydrogen-bond acceptors (Lipinski definition) is 5. The fourth-order valence-electron chi connectivity index (χ4n) is 2.70. The molecule has 0 radical (unpaired) electrons. The molecule has 6 nitrogen and oxygen atoms in total. The molecule has 3 rings (SSSR count). The van der Waals surface area contributed by atoms with Gasteiger partial charge in [-0.05, 0) is 31.5 Å². The lowest BCUT2D eigenvalue weighted by molar-refractivity contribution is -0.118. The number of amidine groups is 1. The molecule has 0 aliphatic carbocycles. The van der Waals surface area contributed by atoms with Crippen LogP contribution in [-0.4, -0.2) is 31.8 Å². The summed E-state index contributed by atoms with van der Waals surface area (Å²) < 4.78 is 28.7. The van der Waals surface area contributed by atoms with Crippen molar-refractivity contribution < 1.29 is 13.2 Å². The van der Waals surface area contributed by atoms with Crippen LogP contribution in [0.2, 0.25) is 0 Å². The SMILES string of the molecule is CCN1C(SCC(=O)NCc2ccc(C)cc2)=NS(=O)(=O)c2ccccc21. The second-order valence-electron chi connectivity index (χ2n) is 6.11. The summed E-state index contributed by atoms with van der Waals surface area (Å²) in [4.78, 5) is 14.2. The van der Waals surface area contributed by atoms with Crippen LogP contribution in [0.1, 0.15) is 18.1 Å². The molecule has 0 spiro atoms. The number of thioether (sulfide) groups is 1. The van der Waals surface area contributed by atoms with Crippen molar-refractivity contribution in [2.24, 2.45) is 4.40 Å². The van der Waals surface area contributed by atoms with Crippen LogP contribution in [0.25, 0.3) is 0 Å². The highest BCUT2D eigenvalue weighted by Crippen LogP contribution is 2.33. The molecular weight excluding hydrogens is 382 g/mol. The van der Waals surface area contributed by atoms with Crippen molar-refractivity contribution in [2.45, 2.75) is 25.3 Å². The van der Waals surface area contributed by atoms with E-state index < -0.39 is 10.0 Å². The zero-order valence-electron chi connectivity index (χ0n) is 15.2. The number of carbonyl (C=O) groups excluding carboxylic acids is 1. The minimum Gasteiger partial charge on any atom is -0.351 e. The maximum Gasteiger partial charge on any atom is 0.286 e. The van der Waals surface area contributed by atoms with Gasteiger partial charge in [-0.2, -0.15) is 8.42 Å². The van der Waals surface area contributed by atoms with Gasteiger partial charge in [0.25, 0.3) is 10.0 Å². The van der Waals surface area contributed by atoms with E-state index in [1.54, 1.807) is 24.3 Å². The normalized spacial score (nSPS) is 15.0. The van der Waals surface area contributed by atoms with Gasteiger partial charge >= 0.3 is 0 Å². The lowest BCUT2D eigenvalue weighted by Crippen LogP contribution is -2.35. The van der Waals surface area contributed by atoms with E-state index in [0.29, 0.717) is 23.9 Å². The molecule has 1 heterocycles. The number of carbonyl (C=O) groups is 1. The molecule has 8 heteroatoms. The van der Waals surface area contributed by atoms with Gasteiger partial charge in [0, 0.05) is 13.1 Å². The van der Waals surface area contributed by atoms with Gasteiger partial charge in [0.2, 0.25) is 5.91 Å². The Morgan fingerprint density at radius 2 is 1.85 bits per heavy atom. The number of aryl methyl sites for hydroxylation is 1. The van der Waals surface area contributed by atoms with Crippen molar-refractivity contribution in [3.63, 3.8) is 0 Å². The molecule has 1 N–H and O–H groups in total. The lowest BCUT2D eigenvalue weighted by atomic mass is 10.1. The third kappa shape index (κ3) is 4.51. The van der Waals surface area contributed by atoms with Gasteiger partial charge in [0.05, 0.1) is 11.4 Å². The molecule has 1 aliphatic heterocycles. The summed E-state index contributed by atoms with van der Waals surface area (Å²) in [6.07, 6.45) is 0. The van der Waals surface area contributed by atoms with Crippen LogP contribution in [0, 0.1) is 6.92 Å². The van der Waals surface area contributed by atoms with E-state index in [-0.39, 0.29) is 16.6 Å². The number of nitrogens with one attached hydrogen (secondary N) is 1. The molecule has 0 atom stereocenters. The summed E-state index contributed by atoms with van der Waals surface area (Å²) in [5, 5.41) is 3.17. The average Bonchev–Trinajstić information content (AvgIpc) is 2.66. The Balaban J connectivity index is 1.65. The molecule has 0 saturated heterocycles. The van der Waals surface area contributed by atoms with E-state index in [0.717, 1.165) is 22.9 Å². The van der Waals surface area contributed by atoms with E-state index >= 15 is 0 Å². The number of fused-ring (bicyclic) bond motifs is 1. The van der Waals surface area contributed by atoms with Crippen LogP contribution >= 0.6 is 11.8 Å². The largest absolute Gasteiger partial charge is 0.351 e. The van der Waals surface area contributed by atoms with Gasteiger partial charge in [0.15, 0.2) is 5.17 Å². The number of benzene rings is 2. The Labute approximate surface area is 163 Å². The number of para-hydroxylation sites is 1. The van der Waals surface area contributed by atoms with Gasteiger partial charge in [-0.15, -0.1) is 4.40 Å². The molecule has 0 bridgehead atoms. The smallest absolute Gasteiger partial charge is 0.286 e. The third-order valence-corrected chi connectivity index (χ3v) is 6.53. The van der Waals surface area contributed by atoms with Crippen molar-refractivity contribution in [1.29, 1.82) is 0 Å². The van der Waals surface area contributed by atoms with E-state index in [1.165, 1.54) is 0 Å². The van der Waals surface area contributed by atoms with Gasteiger partial charge in [-0.3, -0.25) is 4.79 Å². The Morgan fingerprint density at radius 3 is 2.56 bits per heavy atom. The van der Waals surface area contributed by atoms with Crippen molar-refractivity contribution in [3.05, 3.63) is 59.7 Å². The number of nitrogens with zero attached hydrogens (tertiary/aromatic N) is 2. The molecule has 1 amide bonds. The van der Waals surface area contributed by atoms with Crippen LogP contribution < -0.4 is 10.2 Å². The highest BCUT2D eigenvalue weighted by Gasteiger charge is 2.30. The Hall–Kier alpha value is -2.32. The first-order valence-electron chi connectivity index (χ1n) is 8.57. The van der Waals surface area contributed by atoms with E-state index in [2.05, 4.69) is 9.71 Å². The van der Waals surface area contributed by atoms with Gasteiger partial charge in [0.1, 0.15) is 4.90 Å². The quantitative estimate of drug-likeness (QED) is 0.830. The minimum absolute atomic E-state index is 0.0961. The molecule has 2 aromatic carbocycles. The molecule has 142 valence electrons. The van der Waals surface area contributed by atoms with Gasteiger partial charge in [-0.25, -0.2) is 0 Å². The van der Waals surface area contributed by atoms with E-state index in [1.807, 2.05) is 43.0 Å². The number of amides is 1. The minimum atomic E-state index is -3.75. The summed E-state index contributed by atoms with van der Waals surface area (Å²) in [7, 11) is -3.75. The first-order chi connectivity index (χ1) is 12.9.